The Morgan fingerprint density at radius 2 is 2.25 bits per heavy atom. The number of carboxylic acids is 1. The molecule has 2 rings (SSSR count). The average Bonchev–Trinajstić information content (AvgIpc) is 2.61. The van der Waals surface area contributed by atoms with Gasteiger partial charge >= 0.3 is 5.97 Å². The van der Waals surface area contributed by atoms with Crippen LogP contribution in [0.3, 0.4) is 0 Å². The first-order valence-electron chi connectivity index (χ1n) is 4.79. The summed E-state index contributed by atoms with van der Waals surface area (Å²) in [5, 5.41) is 13.3. The number of nitrogen functional groups attached to an aromatic ring is 1. The summed E-state index contributed by atoms with van der Waals surface area (Å²) in [6.45, 7) is 3.84. The van der Waals surface area contributed by atoms with Crippen molar-refractivity contribution >= 4 is 22.8 Å². The Balaban J connectivity index is 2.80. The number of nitrogens with zero attached hydrogens (tertiary/aromatic N) is 2. The minimum atomic E-state index is -1.11. The molecule has 84 valence electrons. The second kappa shape index (κ2) is 3.48. The van der Waals surface area contributed by atoms with Crippen LogP contribution in [0.5, 0.6) is 0 Å². The molecule has 0 spiro atoms. The van der Waals surface area contributed by atoms with Gasteiger partial charge < -0.3 is 15.4 Å². The van der Waals surface area contributed by atoms with Crippen molar-refractivity contribution in [2.45, 2.75) is 19.8 Å². The third kappa shape index (κ3) is 1.39. The first-order valence-corrected chi connectivity index (χ1v) is 4.79. The number of nitrogens with two attached hydrogens (primary N) is 1. The fourth-order valence-corrected chi connectivity index (χ4v) is 1.53. The standard InChI is InChI=1S/C10H11N3O3/c1-4(2)8-6-7(11)5(10(14)15)3-12-9(6)16-13-8/h3-4H,1-2H3,(H2,11,12)(H,14,15). The van der Waals surface area contributed by atoms with Crippen LogP contribution in [0.25, 0.3) is 11.1 Å². The summed E-state index contributed by atoms with van der Waals surface area (Å²) in [7, 11) is 0. The van der Waals surface area contributed by atoms with Crippen LogP contribution in [0.15, 0.2) is 10.7 Å². The predicted octanol–water partition coefficient (Wildman–Crippen LogP) is 1.63. The summed E-state index contributed by atoms with van der Waals surface area (Å²) in [4.78, 5) is 14.8. The molecule has 16 heavy (non-hydrogen) atoms. The lowest BCUT2D eigenvalue weighted by Crippen LogP contribution is -2.04. The Morgan fingerprint density at radius 1 is 1.56 bits per heavy atom. The lowest BCUT2D eigenvalue weighted by molar-refractivity contribution is 0.0698. The van der Waals surface area contributed by atoms with E-state index in [4.69, 9.17) is 15.4 Å². The molecule has 0 amide bonds. The molecule has 0 aliphatic rings. The number of fused-ring (bicyclic) bond motifs is 1. The summed E-state index contributed by atoms with van der Waals surface area (Å²) >= 11 is 0. The third-order valence-corrected chi connectivity index (χ3v) is 2.35. The largest absolute Gasteiger partial charge is 0.478 e. The number of carbonyl (C=O) groups is 1. The molecule has 0 unspecified atom stereocenters. The lowest BCUT2D eigenvalue weighted by atomic mass is 10.0. The molecule has 6 heteroatoms. The van der Waals surface area contributed by atoms with Crippen LogP contribution in [0.4, 0.5) is 5.69 Å². The quantitative estimate of drug-likeness (QED) is 0.798. The van der Waals surface area contributed by atoms with Crippen molar-refractivity contribution in [2.24, 2.45) is 0 Å². The van der Waals surface area contributed by atoms with Gasteiger partial charge in [-0.05, 0) is 5.92 Å². The molecule has 0 aliphatic carbocycles. The van der Waals surface area contributed by atoms with Crippen LogP contribution >= 0.6 is 0 Å². The first-order chi connectivity index (χ1) is 7.52. The molecule has 0 bridgehead atoms. The fourth-order valence-electron chi connectivity index (χ4n) is 1.53. The summed E-state index contributed by atoms with van der Waals surface area (Å²) in [6.07, 6.45) is 1.18. The van der Waals surface area contributed by atoms with Crippen molar-refractivity contribution in [1.29, 1.82) is 0 Å². The zero-order valence-corrected chi connectivity index (χ0v) is 8.89. The van der Waals surface area contributed by atoms with E-state index in [1.54, 1.807) is 0 Å². The second-order valence-electron chi connectivity index (χ2n) is 3.79. The van der Waals surface area contributed by atoms with E-state index in [-0.39, 0.29) is 22.9 Å². The molecule has 0 aromatic carbocycles. The lowest BCUT2D eigenvalue weighted by Gasteiger charge is -2.03. The van der Waals surface area contributed by atoms with Gasteiger partial charge in [-0.2, -0.15) is 0 Å². The van der Waals surface area contributed by atoms with Gasteiger partial charge in [-0.25, -0.2) is 9.78 Å². The summed E-state index contributed by atoms with van der Waals surface area (Å²) < 4.78 is 4.99. The number of hydrogen-bond donors (Lipinski definition) is 2. The van der Waals surface area contributed by atoms with Gasteiger partial charge in [-0.1, -0.05) is 19.0 Å². The van der Waals surface area contributed by atoms with Gasteiger partial charge in [0.1, 0.15) is 5.56 Å². The summed E-state index contributed by atoms with van der Waals surface area (Å²) in [6, 6.07) is 0. The molecule has 0 radical (unpaired) electrons. The van der Waals surface area contributed by atoms with Crippen LogP contribution < -0.4 is 5.73 Å². The molecule has 0 saturated heterocycles. The number of anilines is 1. The second-order valence-corrected chi connectivity index (χ2v) is 3.79. The Labute approximate surface area is 91.1 Å². The Morgan fingerprint density at radius 3 is 2.81 bits per heavy atom. The van der Waals surface area contributed by atoms with Gasteiger partial charge in [0.25, 0.3) is 5.71 Å². The number of aromatic nitrogens is 2. The monoisotopic (exact) mass is 221 g/mol. The highest BCUT2D eigenvalue weighted by molar-refractivity contribution is 6.02. The van der Waals surface area contributed by atoms with Gasteiger partial charge in [0, 0.05) is 6.20 Å². The van der Waals surface area contributed by atoms with E-state index < -0.39 is 5.97 Å². The highest BCUT2D eigenvalue weighted by atomic mass is 16.5. The maximum absolute atomic E-state index is 10.9. The highest BCUT2D eigenvalue weighted by Gasteiger charge is 2.20. The van der Waals surface area contributed by atoms with Crippen LogP contribution in [-0.2, 0) is 0 Å². The van der Waals surface area contributed by atoms with Crippen LogP contribution in [-0.4, -0.2) is 21.2 Å². The summed E-state index contributed by atoms with van der Waals surface area (Å²) in [5.74, 6) is -1.02. The van der Waals surface area contributed by atoms with E-state index in [1.165, 1.54) is 6.20 Å². The minimum absolute atomic E-state index is 0.0300. The van der Waals surface area contributed by atoms with E-state index in [1.807, 2.05) is 13.8 Å². The topological polar surface area (TPSA) is 102 Å². The van der Waals surface area contributed by atoms with Crippen LogP contribution in [0.1, 0.15) is 35.8 Å². The Bertz CT molecular complexity index is 560. The van der Waals surface area contributed by atoms with E-state index >= 15 is 0 Å². The first kappa shape index (κ1) is 10.4. The van der Waals surface area contributed by atoms with Crippen molar-refractivity contribution < 1.29 is 14.4 Å². The SMILES string of the molecule is CC(C)c1noc2ncc(C(=O)O)c(N)c12. The van der Waals surface area contributed by atoms with Gasteiger partial charge in [0.05, 0.1) is 16.8 Å². The molecule has 2 aromatic heterocycles. The van der Waals surface area contributed by atoms with Gasteiger partial charge in [0.15, 0.2) is 0 Å². The van der Waals surface area contributed by atoms with E-state index in [0.717, 1.165) is 0 Å². The number of aromatic carboxylic acids is 1. The molecule has 0 fully saturated rings. The van der Waals surface area contributed by atoms with Gasteiger partial charge in [-0.3, -0.25) is 0 Å². The normalized spacial score (nSPS) is 11.2. The van der Waals surface area contributed by atoms with Crippen molar-refractivity contribution in [3.8, 4) is 0 Å². The molecule has 0 saturated carbocycles. The van der Waals surface area contributed by atoms with Crippen molar-refractivity contribution in [2.75, 3.05) is 5.73 Å². The molecule has 2 aromatic rings. The predicted molar refractivity (Wildman–Crippen MR) is 57.3 cm³/mol. The smallest absolute Gasteiger partial charge is 0.339 e. The van der Waals surface area contributed by atoms with E-state index in [2.05, 4.69) is 10.1 Å². The van der Waals surface area contributed by atoms with Crippen molar-refractivity contribution in [3.63, 3.8) is 0 Å². The molecule has 2 heterocycles. The van der Waals surface area contributed by atoms with Crippen LogP contribution in [0.2, 0.25) is 0 Å². The van der Waals surface area contributed by atoms with Crippen LogP contribution in [0, 0.1) is 0 Å². The Hall–Kier alpha value is -2.11. The van der Waals surface area contributed by atoms with Gasteiger partial charge in [0.2, 0.25) is 0 Å². The Kier molecular flexibility index (Phi) is 2.26. The zero-order valence-electron chi connectivity index (χ0n) is 8.89. The zero-order chi connectivity index (χ0) is 11.9. The number of rotatable bonds is 2. The van der Waals surface area contributed by atoms with E-state index in [0.29, 0.717) is 11.1 Å². The van der Waals surface area contributed by atoms with Gasteiger partial charge in [-0.15, -0.1) is 0 Å². The molecular formula is C10H11N3O3. The van der Waals surface area contributed by atoms with Crippen molar-refractivity contribution in [3.05, 3.63) is 17.5 Å². The number of carboxylic acid groups (broad SMARTS) is 1. The van der Waals surface area contributed by atoms with Crippen molar-refractivity contribution in [1.82, 2.24) is 10.1 Å². The maximum Gasteiger partial charge on any atom is 0.339 e. The molecule has 0 aliphatic heterocycles. The molecule has 3 N–H and O–H groups in total. The third-order valence-electron chi connectivity index (χ3n) is 2.35. The molecule has 6 nitrogen and oxygen atoms in total. The number of pyridine rings is 1. The van der Waals surface area contributed by atoms with E-state index in [9.17, 15) is 4.79 Å². The fraction of sp³-hybridized carbons (Fsp3) is 0.300. The molecular weight excluding hydrogens is 210 g/mol. The minimum Gasteiger partial charge on any atom is -0.478 e. The average molecular weight is 221 g/mol. The highest BCUT2D eigenvalue weighted by Crippen LogP contribution is 2.30. The molecule has 0 atom stereocenters. The summed E-state index contributed by atoms with van der Waals surface area (Å²) in [5.41, 5.74) is 6.80. The maximum atomic E-state index is 10.9. The number of hydrogen-bond acceptors (Lipinski definition) is 5.